The van der Waals surface area contributed by atoms with E-state index in [9.17, 15) is 4.79 Å². The summed E-state index contributed by atoms with van der Waals surface area (Å²) in [7, 11) is 1.66. The molecule has 3 aromatic rings. The Balaban J connectivity index is 1.25. The van der Waals surface area contributed by atoms with Crippen LogP contribution in [-0.4, -0.2) is 52.6 Å². The molecule has 3 heterocycles. The van der Waals surface area contributed by atoms with E-state index in [1.807, 2.05) is 56.3 Å². The number of methoxy groups -OCH3 is 1. The molecule has 1 fully saturated rings. The van der Waals surface area contributed by atoms with Crippen molar-refractivity contribution in [3.8, 4) is 11.6 Å². The van der Waals surface area contributed by atoms with Crippen LogP contribution in [0.25, 0.3) is 5.82 Å². The Morgan fingerprint density at radius 1 is 1.09 bits per heavy atom. The second kappa shape index (κ2) is 9.80. The van der Waals surface area contributed by atoms with Crippen molar-refractivity contribution in [3.63, 3.8) is 0 Å². The van der Waals surface area contributed by atoms with Crippen LogP contribution in [0.4, 0.5) is 5.82 Å². The number of aryl methyl sites for hydroxylation is 2. The highest BCUT2D eigenvalue weighted by atomic mass is 16.5. The van der Waals surface area contributed by atoms with Gasteiger partial charge in [0.05, 0.1) is 12.8 Å². The number of amides is 1. The third kappa shape index (κ3) is 5.07. The van der Waals surface area contributed by atoms with Crippen LogP contribution in [0, 0.1) is 19.8 Å². The Labute approximate surface area is 188 Å². The first kappa shape index (κ1) is 21.8. The lowest BCUT2D eigenvalue weighted by Gasteiger charge is -2.31. The molecule has 2 aromatic heterocycles. The summed E-state index contributed by atoms with van der Waals surface area (Å²) >= 11 is 0. The van der Waals surface area contributed by atoms with Crippen LogP contribution >= 0.6 is 0 Å². The fourth-order valence-electron chi connectivity index (χ4n) is 4.13. The van der Waals surface area contributed by atoms with Crippen molar-refractivity contribution < 1.29 is 9.53 Å². The van der Waals surface area contributed by atoms with Crippen LogP contribution in [0.15, 0.2) is 42.5 Å². The van der Waals surface area contributed by atoms with Crippen molar-refractivity contribution in [2.24, 2.45) is 5.92 Å². The maximum absolute atomic E-state index is 12.6. The zero-order valence-electron chi connectivity index (χ0n) is 18.9. The van der Waals surface area contributed by atoms with Gasteiger partial charge >= 0.3 is 0 Å². The number of piperidine rings is 1. The highest BCUT2D eigenvalue weighted by molar-refractivity contribution is 5.79. The summed E-state index contributed by atoms with van der Waals surface area (Å²) in [5, 5.41) is 16.3. The topological polar surface area (TPSA) is 85.2 Å². The first-order valence-electron chi connectivity index (χ1n) is 11.1. The number of rotatable bonds is 7. The summed E-state index contributed by atoms with van der Waals surface area (Å²) < 4.78 is 7.05. The lowest BCUT2D eigenvalue weighted by Crippen LogP contribution is -2.41. The normalized spacial score (nSPS) is 14.4. The quantitative estimate of drug-likeness (QED) is 0.616. The average molecular weight is 435 g/mol. The number of hydrogen-bond donors (Lipinski definition) is 1. The summed E-state index contributed by atoms with van der Waals surface area (Å²) in [6.07, 6.45) is 2.41. The Bertz CT molecular complexity index is 1050. The van der Waals surface area contributed by atoms with Gasteiger partial charge < -0.3 is 15.0 Å². The largest absolute Gasteiger partial charge is 0.497 e. The van der Waals surface area contributed by atoms with Gasteiger partial charge in [-0.25, -0.2) is 4.68 Å². The van der Waals surface area contributed by atoms with E-state index in [0.717, 1.165) is 60.9 Å². The van der Waals surface area contributed by atoms with Gasteiger partial charge in [-0.1, -0.05) is 12.1 Å². The van der Waals surface area contributed by atoms with E-state index < -0.39 is 0 Å². The van der Waals surface area contributed by atoms with Gasteiger partial charge in [0.25, 0.3) is 0 Å². The Kier molecular flexibility index (Phi) is 6.68. The van der Waals surface area contributed by atoms with Gasteiger partial charge in [0.2, 0.25) is 5.91 Å². The minimum atomic E-state index is 0.0403. The molecule has 0 atom stereocenters. The number of aromatic nitrogens is 4. The number of nitrogens with zero attached hydrogens (tertiary/aromatic N) is 5. The van der Waals surface area contributed by atoms with Gasteiger partial charge in [0, 0.05) is 31.2 Å². The van der Waals surface area contributed by atoms with Gasteiger partial charge in [-0.05, 0) is 69.0 Å². The van der Waals surface area contributed by atoms with Crippen molar-refractivity contribution in [3.05, 3.63) is 59.4 Å². The molecule has 0 spiro atoms. The molecule has 8 nitrogen and oxygen atoms in total. The van der Waals surface area contributed by atoms with E-state index in [4.69, 9.17) is 4.74 Å². The van der Waals surface area contributed by atoms with Crippen molar-refractivity contribution in [1.82, 2.24) is 25.3 Å². The van der Waals surface area contributed by atoms with Crippen molar-refractivity contribution in [2.75, 3.05) is 31.6 Å². The average Bonchev–Trinajstić information content (AvgIpc) is 3.17. The van der Waals surface area contributed by atoms with E-state index in [1.54, 1.807) is 11.8 Å². The van der Waals surface area contributed by atoms with Crippen LogP contribution in [-0.2, 0) is 11.2 Å². The number of carbonyl (C=O) groups is 1. The van der Waals surface area contributed by atoms with E-state index >= 15 is 0 Å². The van der Waals surface area contributed by atoms with Gasteiger partial charge in [-0.15, -0.1) is 10.2 Å². The predicted molar refractivity (Wildman–Crippen MR) is 123 cm³/mol. The van der Waals surface area contributed by atoms with Gasteiger partial charge in [0.15, 0.2) is 11.6 Å². The van der Waals surface area contributed by atoms with E-state index in [0.29, 0.717) is 12.4 Å². The molecule has 1 N–H and O–H groups in total. The Morgan fingerprint density at radius 3 is 2.50 bits per heavy atom. The SMILES string of the molecule is COc1cccc(CCNC(=O)C2CCN(c3ccc(-n4nc(C)cc4C)nn3)CC2)c1. The summed E-state index contributed by atoms with van der Waals surface area (Å²) in [4.78, 5) is 14.8. The number of hydrogen-bond acceptors (Lipinski definition) is 6. The molecule has 168 valence electrons. The number of ether oxygens (including phenoxy) is 1. The minimum Gasteiger partial charge on any atom is -0.497 e. The third-order valence-electron chi connectivity index (χ3n) is 5.90. The molecule has 1 aliphatic heterocycles. The van der Waals surface area contributed by atoms with Gasteiger partial charge in [-0.2, -0.15) is 5.10 Å². The van der Waals surface area contributed by atoms with E-state index in [-0.39, 0.29) is 11.8 Å². The maximum atomic E-state index is 12.6. The second-order valence-electron chi connectivity index (χ2n) is 8.24. The molecular weight excluding hydrogens is 404 g/mol. The molecule has 0 bridgehead atoms. The molecule has 1 saturated heterocycles. The molecule has 1 aliphatic rings. The Morgan fingerprint density at radius 2 is 1.84 bits per heavy atom. The standard InChI is InChI=1S/C24H30N6O2/c1-17-15-18(2)30(28-17)23-8-7-22(26-27-23)29-13-10-20(11-14-29)24(31)25-12-9-19-5-4-6-21(16-19)32-3/h4-8,15-16,20H,9-14H2,1-3H3,(H,25,31). The van der Waals surface area contributed by atoms with Crippen molar-refractivity contribution in [1.29, 1.82) is 0 Å². The van der Waals surface area contributed by atoms with Gasteiger partial charge in [0.1, 0.15) is 5.75 Å². The zero-order valence-corrected chi connectivity index (χ0v) is 18.9. The first-order chi connectivity index (χ1) is 15.5. The molecule has 4 rings (SSSR count). The number of benzene rings is 1. The summed E-state index contributed by atoms with van der Waals surface area (Å²) in [6.45, 7) is 6.18. The summed E-state index contributed by atoms with van der Waals surface area (Å²) in [5.41, 5.74) is 3.14. The maximum Gasteiger partial charge on any atom is 0.223 e. The highest BCUT2D eigenvalue weighted by Gasteiger charge is 2.25. The lowest BCUT2D eigenvalue weighted by molar-refractivity contribution is -0.125. The summed E-state index contributed by atoms with van der Waals surface area (Å²) in [6, 6.07) is 13.9. The molecule has 0 radical (unpaired) electrons. The highest BCUT2D eigenvalue weighted by Crippen LogP contribution is 2.22. The van der Waals surface area contributed by atoms with Crippen molar-refractivity contribution >= 4 is 11.7 Å². The van der Waals surface area contributed by atoms with Crippen molar-refractivity contribution in [2.45, 2.75) is 33.1 Å². The number of nitrogens with one attached hydrogen (secondary N) is 1. The second-order valence-corrected chi connectivity index (χ2v) is 8.24. The monoisotopic (exact) mass is 434 g/mol. The molecule has 32 heavy (non-hydrogen) atoms. The number of carbonyl (C=O) groups excluding carboxylic acids is 1. The van der Waals surface area contributed by atoms with Crippen LogP contribution in [0.2, 0.25) is 0 Å². The first-order valence-corrected chi connectivity index (χ1v) is 11.1. The van der Waals surface area contributed by atoms with E-state index in [1.165, 1.54) is 0 Å². The smallest absolute Gasteiger partial charge is 0.223 e. The van der Waals surface area contributed by atoms with Gasteiger partial charge in [-0.3, -0.25) is 4.79 Å². The number of anilines is 1. The predicted octanol–water partition coefficient (Wildman–Crippen LogP) is 2.86. The van der Waals surface area contributed by atoms with E-state index in [2.05, 4.69) is 25.5 Å². The molecule has 1 aromatic carbocycles. The fraction of sp³-hybridized carbons (Fsp3) is 0.417. The fourth-order valence-corrected chi connectivity index (χ4v) is 4.13. The van der Waals surface area contributed by atoms with Crippen LogP contribution in [0.3, 0.4) is 0 Å². The lowest BCUT2D eigenvalue weighted by atomic mass is 9.96. The molecule has 1 amide bonds. The molecule has 8 heteroatoms. The van der Waals surface area contributed by atoms with Crippen LogP contribution < -0.4 is 15.0 Å². The molecule has 0 saturated carbocycles. The van der Waals surface area contributed by atoms with Crippen LogP contribution in [0.5, 0.6) is 5.75 Å². The van der Waals surface area contributed by atoms with Crippen LogP contribution in [0.1, 0.15) is 29.8 Å². The molecule has 0 aliphatic carbocycles. The summed E-state index contributed by atoms with van der Waals surface area (Å²) in [5.74, 6) is 2.57. The Hall–Kier alpha value is -3.42. The third-order valence-corrected chi connectivity index (χ3v) is 5.90. The molecule has 0 unspecified atom stereocenters. The minimum absolute atomic E-state index is 0.0403. The molecular formula is C24H30N6O2. The zero-order chi connectivity index (χ0) is 22.5.